The van der Waals surface area contributed by atoms with Gasteiger partial charge in [0.2, 0.25) is 5.91 Å². The number of rotatable bonds is 7. The molecule has 3 rings (SSSR count). The Balaban J connectivity index is 1.30. The maximum Gasteiger partial charge on any atom is 0.221 e. The Morgan fingerprint density at radius 3 is 2.73 bits per heavy atom. The Hall–Kier alpha value is -1.81. The molecule has 1 heterocycles. The lowest BCUT2D eigenvalue weighted by atomic mass is 9.97. The summed E-state index contributed by atoms with van der Waals surface area (Å²) in [5.74, 6) is 0.197. The number of benzene rings is 1. The van der Waals surface area contributed by atoms with Crippen molar-refractivity contribution < 1.29 is 4.79 Å². The lowest BCUT2D eigenvalue weighted by molar-refractivity contribution is -0.121. The molecule has 0 unspecified atom stereocenters. The number of allylic oxidation sites excluding steroid dienone is 1. The first kappa shape index (κ1) is 19.0. The Kier molecular flexibility index (Phi) is 7.13. The summed E-state index contributed by atoms with van der Waals surface area (Å²) in [5.41, 5.74) is 4.16. The van der Waals surface area contributed by atoms with Gasteiger partial charge in [-0.05, 0) is 56.7 Å². The second-order valence-corrected chi connectivity index (χ2v) is 7.63. The van der Waals surface area contributed by atoms with Crippen LogP contribution in [0.3, 0.4) is 0 Å². The number of nitrogens with zero attached hydrogens (tertiary/aromatic N) is 2. The summed E-state index contributed by atoms with van der Waals surface area (Å²) >= 11 is 0. The first-order valence-corrected chi connectivity index (χ1v) is 10.2. The third-order valence-electron chi connectivity index (χ3n) is 5.55. The highest BCUT2D eigenvalue weighted by Crippen LogP contribution is 2.19. The average molecular weight is 356 g/mol. The molecule has 142 valence electrons. The summed E-state index contributed by atoms with van der Waals surface area (Å²) in [6.07, 6.45) is 9.09. The molecule has 0 bridgehead atoms. The average Bonchev–Trinajstić information content (AvgIpc) is 2.68. The maximum absolute atomic E-state index is 12.1. The lowest BCUT2D eigenvalue weighted by Crippen LogP contribution is -2.47. The molecular weight excluding hydrogens is 322 g/mol. The van der Waals surface area contributed by atoms with Gasteiger partial charge in [-0.1, -0.05) is 23.8 Å². The quantitative estimate of drug-likeness (QED) is 0.760. The van der Waals surface area contributed by atoms with Crippen molar-refractivity contribution in [2.24, 2.45) is 0 Å². The zero-order valence-corrected chi connectivity index (χ0v) is 16.2. The number of aryl methyl sites for hydroxylation is 1. The summed E-state index contributed by atoms with van der Waals surface area (Å²) in [6, 6.07) is 8.72. The molecule has 4 nitrogen and oxygen atoms in total. The van der Waals surface area contributed by atoms with Crippen LogP contribution in [0.4, 0.5) is 5.69 Å². The summed E-state index contributed by atoms with van der Waals surface area (Å²) < 4.78 is 0. The highest BCUT2D eigenvalue weighted by Gasteiger charge is 2.17. The van der Waals surface area contributed by atoms with Gasteiger partial charge in [0.05, 0.1) is 0 Å². The van der Waals surface area contributed by atoms with Crippen LogP contribution >= 0.6 is 0 Å². The predicted molar refractivity (Wildman–Crippen MR) is 109 cm³/mol. The van der Waals surface area contributed by atoms with Crippen molar-refractivity contribution in [3.63, 3.8) is 0 Å². The summed E-state index contributed by atoms with van der Waals surface area (Å²) in [4.78, 5) is 16.9. The highest BCUT2D eigenvalue weighted by atomic mass is 16.1. The number of nitrogens with one attached hydrogen (secondary N) is 1. The van der Waals surface area contributed by atoms with Crippen LogP contribution in [-0.2, 0) is 4.79 Å². The first-order valence-electron chi connectivity index (χ1n) is 10.2. The largest absolute Gasteiger partial charge is 0.369 e. The number of piperazine rings is 1. The Morgan fingerprint density at radius 1 is 1.15 bits per heavy atom. The Morgan fingerprint density at radius 2 is 2.00 bits per heavy atom. The molecule has 0 atom stereocenters. The second-order valence-electron chi connectivity index (χ2n) is 7.63. The van der Waals surface area contributed by atoms with Gasteiger partial charge in [-0.25, -0.2) is 0 Å². The smallest absolute Gasteiger partial charge is 0.221 e. The van der Waals surface area contributed by atoms with E-state index in [1.807, 2.05) is 0 Å². The fraction of sp³-hybridized carbons (Fsp3) is 0.591. The molecule has 0 aromatic heterocycles. The normalized spacial score (nSPS) is 18.5. The van der Waals surface area contributed by atoms with E-state index in [0.29, 0.717) is 6.42 Å². The van der Waals surface area contributed by atoms with Gasteiger partial charge in [0.25, 0.3) is 0 Å². The number of hydrogen-bond acceptors (Lipinski definition) is 3. The molecule has 1 aliphatic heterocycles. The van der Waals surface area contributed by atoms with Crippen molar-refractivity contribution in [1.29, 1.82) is 0 Å². The van der Waals surface area contributed by atoms with Crippen molar-refractivity contribution in [1.82, 2.24) is 10.2 Å². The monoisotopic (exact) mass is 355 g/mol. The lowest BCUT2D eigenvalue weighted by Gasteiger charge is -2.36. The van der Waals surface area contributed by atoms with E-state index < -0.39 is 0 Å². The minimum Gasteiger partial charge on any atom is -0.369 e. The summed E-state index contributed by atoms with van der Waals surface area (Å²) in [6.45, 7) is 7.96. The van der Waals surface area contributed by atoms with Crippen LogP contribution in [0.1, 0.15) is 44.1 Å². The third-order valence-corrected chi connectivity index (χ3v) is 5.55. The van der Waals surface area contributed by atoms with Gasteiger partial charge in [-0.3, -0.25) is 9.69 Å². The first-order chi connectivity index (χ1) is 12.7. The molecule has 4 heteroatoms. The van der Waals surface area contributed by atoms with Crippen LogP contribution in [-0.4, -0.2) is 50.1 Å². The van der Waals surface area contributed by atoms with Crippen molar-refractivity contribution in [3.8, 4) is 0 Å². The summed E-state index contributed by atoms with van der Waals surface area (Å²) in [7, 11) is 0. The van der Waals surface area contributed by atoms with Crippen molar-refractivity contribution in [3.05, 3.63) is 41.5 Å². The molecule has 0 spiro atoms. The second kappa shape index (κ2) is 9.77. The molecule has 1 fully saturated rings. The number of anilines is 1. The van der Waals surface area contributed by atoms with Crippen LogP contribution in [0.5, 0.6) is 0 Å². The van der Waals surface area contributed by atoms with E-state index >= 15 is 0 Å². The molecule has 2 aliphatic rings. The van der Waals surface area contributed by atoms with Crippen LogP contribution < -0.4 is 10.2 Å². The van der Waals surface area contributed by atoms with Gasteiger partial charge in [-0.15, -0.1) is 0 Å². The molecule has 1 aliphatic carbocycles. The standard InChI is InChI=1S/C22H33N3O/c1-19-6-5-9-21(18-19)25-16-14-24(15-17-25)13-11-22(26)23-12-10-20-7-3-2-4-8-20/h5-7,9,18H,2-4,8,10-17H2,1H3,(H,23,26). The fourth-order valence-electron chi connectivity index (χ4n) is 3.90. The molecule has 1 amide bonds. The molecule has 1 saturated heterocycles. The van der Waals surface area contributed by atoms with Crippen molar-refractivity contribution in [2.45, 2.75) is 45.4 Å². The van der Waals surface area contributed by atoms with E-state index in [4.69, 9.17) is 0 Å². The molecule has 1 N–H and O–H groups in total. The van der Waals surface area contributed by atoms with Crippen molar-refractivity contribution >= 4 is 11.6 Å². The van der Waals surface area contributed by atoms with Gasteiger partial charge < -0.3 is 10.2 Å². The number of hydrogen-bond donors (Lipinski definition) is 1. The molecule has 0 saturated carbocycles. The number of carbonyl (C=O) groups is 1. The molecule has 26 heavy (non-hydrogen) atoms. The minimum atomic E-state index is 0.197. The van der Waals surface area contributed by atoms with Crippen LogP contribution in [0.25, 0.3) is 0 Å². The predicted octanol–water partition coefficient (Wildman–Crippen LogP) is 3.51. The van der Waals surface area contributed by atoms with E-state index in [2.05, 4.69) is 52.4 Å². The number of carbonyl (C=O) groups excluding carboxylic acids is 1. The van der Waals surface area contributed by atoms with Gasteiger partial charge >= 0.3 is 0 Å². The van der Waals surface area contributed by atoms with Crippen LogP contribution in [0.15, 0.2) is 35.9 Å². The zero-order chi connectivity index (χ0) is 18.2. The van der Waals surface area contributed by atoms with E-state index in [-0.39, 0.29) is 5.91 Å². The van der Waals surface area contributed by atoms with Crippen LogP contribution in [0.2, 0.25) is 0 Å². The van der Waals surface area contributed by atoms with E-state index in [1.54, 1.807) is 0 Å². The maximum atomic E-state index is 12.1. The molecule has 0 radical (unpaired) electrons. The van der Waals surface area contributed by atoms with Gasteiger partial charge in [0.15, 0.2) is 0 Å². The van der Waals surface area contributed by atoms with Gasteiger partial charge in [-0.2, -0.15) is 0 Å². The fourth-order valence-corrected chi connectivity index (χ4v) is 3.90. The SMILES string of the molecule is Cc1cccc(N2CCN(CCC(=O)NCCC3=CCCCC3)CC2)c1. The van der Waals surface area contributed by atoms with E-state index in [1.165, 1.54) is 42.5 Å². The minimum absolute atomic E-state index is 0.197. The highest BCUT2D eigenvalue weighted by molar-refractivity contribution is 5.76. The Labute approximate surface area is 158 Å². The van der Waals surface area contributed by atoms with E-state index in [9.17, 15) is 4.79 Å². The van der Waals surface area contributed by atoms with E-state index in [0.717, 1.165) is 45.7 Å². The van der Waals surface area contributed by atoms with Gasteiger partial charge in [0.1, 0.15) is 0 Å². The van der Waals surface area contributed by atoms with Crippen LogP contribution in [0, 0.1) is 6.92 Å². The van der Waals surface area contributed by atoms with Crippen molar-refractivity contribution in [2.75, 3.05) is 44.2 Å². The third kappa shape index (κ3) is 5.87. The molecular formula is C22H33N3O. The molecule has 1 aromatic rings. The Bertz CT molecular complexity index is 618. The summed E-state index contributed by atoms with van der Waals surface area (Å²) in [5, 5.41) is 3.09. The zero-order valence-electron chi connectivity index (χ0n) is 16.2. The topological polar surface area (TPSA) is 35.6 Å². The van der Waals surface area contributed by atoms with Gasteiger partial charge in [0, 0.05) is 51.4 Å². The molecule has 1 aromatic carbocycles. The number of amides is 1.